The second-order valence-electron chi connectivity index (χ2n) is 7.80. The van der Waals surface area contributed by atoms with Gasteiger partial charge in [-0.1, -0.05) is 53.9 Å². The molecular formula is C22H27Cl2N3O3S. The van der Waals surface area contributed by atoms with E-state index in [4.69, 9.17) is 23.2 Å². The maximum Gasteiger partial charge on any atom is 0.241 e. The second-order valence-corrected chi connectivity index (χ2v) is 10.5. The highest BCUT2D eigenvalue weighted by Crippen LogP contribution is 2.30. The number of halogens is 2. The van der Waals surface area contributed by atoms with Crippen LogP contribution in [0.3, 0.4) is 0 Å². The van der Waals surface area contributed by atoms with Crippen LogP contribution in [0.5, 0.6) is 0 Å². The van der Waals surface area contributed by atoms with Crippen LogP contribution < -0.4 is 9.62 Å². The number of piperidine rings is 1. The Bertz CT molecular complexity index is 1010. The predicted octanol–water partition coefficient (Wildman–Crippen LogP) is 4.06. The fourth-order valence-corrected chi connectivity index (χ4v) is 4.88. The molecule has 2 aromatic carbocycles. The van der Waals surface area contributed by atoms with Gasteiger partial charge in [0.25, 0.3) is 0 Å². The first kappa shape index (κ1) is 23.9. The smallest absolute Gasteiger partial charge is 0.241 e. The van der Waals surface area contributed by atoms with Crippen LogP contribution in [0.2, 0.25) is 10.0 Å². The number of carbonyl (C=O) groups excluding carboxylic acids is 1. The van der Waals surface area contributed by atoms with Gasteiger partial charge in [0.15, 0.2) is 0 Å². The van der Waals surface area contributed by atoms with Crippen molar-refractivity contribution in [3.63, 3.8) is 0 Å². The summed E-state index contributed by atoms with van der Waals surface area (Å²) in [6, 6.07) is 12.6. The first-order chi connectivity index (χ1) is 14.7. The highest BCUT2D eigenvalue weighted by molar-refractivity contribution is 7.92. The van der Waals surface area contributed by atoms with Crippen LogP contribution in [0.15, 0.2) is 42.5 Å². The number of nitrogens with zero attached hydrogens (tertiary/aromatic N) is 2. The topological polar surface area (TPSA) is 69.7 Å². The average Bonchev–Trinajstić information content (AvgIpc) is 2.73. The molecule has 6 nitrogen and oxygen atoms in total. The molecule has 9 heteroatoms. The van der Waals surface area contributed by atoms with Gasteiger partial charge >= 0.3 is 0 Å². The fraction of sp³-hybridized carbons (Fsp3) is 0.409. The van der Waals surface area contributed by atoms with E-state index in [1.807, 2.05) is 12.1 Å². The Morgan fingerprint density at radius 2 is 1.68 bits per heavy atom. The molecule has 1 amide bonds. The van der Waals surface area contributed by atoms with Crippen molar-refractivity contribution in [3.05, 3.63) is 63.6 Å². The van der Waals surface area contributed by atoms with Crippen molar-refractivity contribution in [3.8, 4) is 0 Å². The third kappa shape index (κ3) is 7.10. The Kier molecular flexibility index (Phi) is 8.22. The third-order valence-corrected chi connectivity index (χ3v) is 6.91. The van der Waals surface area contributed by atoms with Gasteiger partial charge in [0.2, 0.25) is 15.9 Å². The fourth-order valence-electron chi connectivity index (χ4n) is 3.58. The maximum atomic E-state index is 12.5. The van der Waals surface area contributed by atoms with Crippen LogP contribution in [0.1, 0.15) is 30.4 Å². The molecule has 0 aliphatic carbocycles. The van der Waals surface area contributed by atoms with Gasteiger partial charge in [-0.15, -0.1) is 0 Å². The Balaban J connectivity index is 1.58. The minimum atomic E-state index is -3.73. The number of likely N-dealkylation sites (tertiary alicyclic amines) is 1. The highest BCUT2D eigenvalue weighted by Gasteiger charge is 2.23. The summed E-state index contributed by atoms with van der Waals surface area (Å²) in [7, 11) is -3.73. The number of benzene rings is 2. The van der Waals surface area contributed by atoms with Crippen molar-refractivity contribution < 1.29 is 13.2 Å². The zero-order valence-electron chi connectivity index (χ0n) is 17.5. The molecular weight excluding hydrogens is 457 g/mol. The molecule has 31 heavy (non-hydrogen) atoms. The molecule has 1 aliphatic heterocycles. The van der Waals surface area contributed by atoms with E-state index < -0.39 is 15.9 Å². The zero-order valence-corrected chi connectivity index (χ0v) is 19.8. The maximum absolute atomic E-state index is 12.5. The molecule has 0 unspecified atom stereocenters. The van der Waals surface area contributed by atoms with Crippen LogP contribution in [0.4, 0.5) is 5.69 Å². The molecule has 0 atom stereocenters. The van der Waals surface area contributed by atoms with E-state index in [1.165, 1.54) is 37.0 Å². The number of hydrogen-bond donors (Lipinski definition) is 1. The Morgan fingerprint density at radius 1 is 1.03 bits per heavy atom. The molecule has 168 valence electrons. The van der Waals surface area contributed by atoms with Gasteiger partial charge in [-0.05, 0) is 55.3 Å². The lowest BCUT2D eigenvalue weighted by Crippen LogP contribution is -2.40. The van der Waals surface area contributed by atoms with Crippen molar-refractivity contribution >= 4 is 44.8 Å². The Hall–Kier alpha value is -1.80. The quantitative estimate of drug-likeness (QED) is 0.614. The molecule has 1 fully saturated rings. The van der Waals surface area contributed by atoms with Crippen molar-refractivity contribution in [2.75, 3.05) is 30.2 Å². The number of amides is 1. The molecule has 0 radical (unpaired) electrons. The molecule has 0 bridgehead atoms. The summed E-state index contributed by atoms with van der Waals surface area (Å²) in [6.45, 7) is 3.16. The van der Waals surface area contributed by atoms with Crippen molar-refractivity contribution in [1.82, 2.24) is 10.2 Å². The molecule has 2 aromatic rings. The summed E-state index contributed by atoms with van der Waals surface area (Å²) in [6.07, 6.45) is 4.86. The molecule has 1 aliphatic rings. The van der Waals surface area contributed by atoms with Crippen LogP contribution in [-0.4, -0.2) is 45.1 Å². The summed E-state index contributed by atoms with van der Waals surface area (Å²) in [5, 5.41) is 3.31. The second kappa shape index (κ2) is 10.7. The third-order valence-electron chi connectivity index (χ3n) is 5.23. The van der Waals surface area contributed by atoms with E-state index in [0.29, 0.717) is 11.6 Å². The zero-order chi connectivity index (χ0) is 22.4. The molecule has 0 aromatic heterocycles. The van der Waals surface area contributed by atoms with Crippen LogP contribution in [-0.2, 0) is 27.9 Å². The summed E-state index contributed by atoms with van der Waals surface area (Å²) in [5.41, 5.74) is 2.37. The Morgan fingerprint density at radius 3 is 2.32 bits per heavy atom. The Labute approximate surface area is 194 Å². The van der Waals surface area contributed by atoms with Gasteiger partial charge in [-0.3, -0.25) is 14.0 Å². The lowest BCUT2D eigenvalue weighted by molar-refractivity contribution is -0.119. The first-order valence-corrected chi connectivity index (χ1v) is 12.8. The SMILES string of the molecule is CS(=O)(=O)N(CC(=O)NCc1ccc(CN2CCCCC2)cc1)c1cc(Cl)ccc1Cl. The summed E-state index contributed by atoms with van der Waals surface area (Å²) in [5.74, 6) is -0.432. The first-order valence-electron chi connectivity index (χ1n) is 10.2. The summed E-state index contributed by atoms with van der Waals surface area (Å²) in [4.78, 5) is 14.9. The lowest BCUT2D eigenvalue weighted by Gasteiger charge is -2.26. The summed E-state index contributed by atoms with van der Waals surface area (Å²) >= 11 is 12.1. The standard InChI is InChI=1S/C22H27Cl2N3O3S/c1-31(29,30)27(21-13-19(23)9-10-20(21)24)16-22(28)25-14-17-5-7-18(8-6-17)15-26-11-3-2-4-12-26/h5-10,13H,2-4,11-12,14-16H2,1H3,(H,25,28). The normalized spacial score (nSPS) is 14.9. The highest BCUT2D eigenvalue weighted by atomic mass is 35.5. The average molecular weight is 484 g/mol. The molecule has 0 spiro atoms. The van der Waals surface area contributed by atoms with Crippen molar-refractivity contribution in [2.24, 2.45) is 0 Å². The molecule has 3 rings (SSSR count). The number of anilines is 1. The molecule has 1 saturated heterocycles. The molecule has 1 N–H and O–H groups in total. The monoisotopic (exact) mass is 483 g/mol. The number of nitrogens with one attached hydrogen (secondary N) is 1. The number of hydrogen-bond acceptors (Lipinski definition) is 4. The van der Waals surface area contributed by atoms with Gasteiger partial charge < -0.3 is 5.32 Å². The van der Waals surface area contributed by atoms with Gasteiger partial charge in [-0.25, -0.2) is 8.42 Å². The lowest BCUT2D eigenvalue weighted by atomic mass is 10.1. The van der Waals surface area contributed by atoms with E-state index >= 15 is 0 Å². The van der Waals surface area contributed by atoms with E-state index in [0.717, 1.165) is 35.8 Å². The van der Waals surface area contributed by atoms with E-state index in [9.17, 15) is 13.2 Å². The van der Waals surface area contributed by atoms with Gasteiger partial charge in [0, 0.05) is 18.1 Å². The number of sulfonamides is 1. The molecule has 1 heterocycles. The van der Waals surface area contributed by atoms with E-state index in [1.54, 1.807) is 6.07 Å². The van der Waals surface area contributed by atoms with Crippen LogP contribution >= 0.6 is 23.2 Å². The van der Waals surface area contributed by atoms with Gasteiger partial charge in [0.05, 0.1) is 17.0 Å². The van der Waals surface area contributed by atoms with E-state index in [2.05, 4.69) is 22.3 Å². The van der Waals surface area contributed by atoms with Gasteiger partial charge in [0.1, 0.15) is 6.54 Å². The largest absolute Gasteiger partial charge is 0.350 e. The number of carbonyl (C=O) groups is 1. The number of rotatable bonds is 8. The van der Waals surface area contributed by atoms with Crippen molar-refractivity contribution in [2.45, 2.75) is 32.4 Å². The summed E-state index contributed by atoms with van der Waals surface area (Å²) < 4.78 is 25.4. The predicted molar refractivity (Wildman–Crippen MR) is 126 cm³/mol. The van der Waals surface area contributed by atoms with E-state index in [-0.39, 0.29) is 17.3 Å². The minimum absolute atomic E-state index is 0.175. The molecule has 0 saturated carbocycles. The van der Waals surface area contributed by atoms with Crippen LogP contribution in [0.25, 0.3) is 0 Å². The van der Waals surface area contributed by atoms with Crippen LogP contribution in [0, 0.1) is 0 Å². The van der Waals surface area contributed by atoms with Gasteiger partial charge in [-0.2, -0.15) is 0 Å². The van der Waals surface area contributed by atoms with Crippen molar-refractivity contribution in [1.29, 1.82) is 0 Å². The minimum Gasteiger partial charge on any atom is -0.350 e.